The molecule has 7 nitrogen and oxygen atoms in total. The smallest absolute Gasteiger partial charge is 0.239 e. The van der Waals surface area contributed by atoms with Gasteiger partial charge in [0, 0.05) is 52.1 Å². The second-order valence-corrected chi connectivity index (χ2v) is 5.00. The van der Waals surface area contributed by atoms with Gasteiger partial charge in [-0.15, -0.1) is 0 Å². The molecule has 0 unspecified atom stereocenters. The first-order valence-corrected chi connectivity index (χ1v) is 8.61. The minimum Gasteiger partial charge on any atom is -0.353 e. The summed E-state index contributed by atoms with van der Waals surface area (Å²) in [5.41, 5.74) is 0. The Labute approximate surface area is 139 Å². The summed E-state index contributed by atoms with van der Waals surface area (Å²) in [6, 6.07) is 0. The lowest BCUT2D eigenvalue weighted by Crippen LogP contribution is -2.49. The van der Waals surface area contributed by atoms with E-state index in [0.717, 1.165) is 26.2 Å². The van der Waals surface area contributed by atoms with Gasteiger partial charge in [0.05, 0.1) is 6.54 Å². The summed E-state index contributed by atoms with van der Waals surface area (Å²) >= 11 is 0. The van der Waals surface area contributed by atoms with E-state index >= 15 is 0 Å². The molecule has 23 heavy (non-hydrogen) atoms. The van der Waals surface area contributed by atoms with Gasteiger partial charge in [0.25, 0.3) is 0 Å². The molecule has 0 aliphatic carbocycles. The van der Waals surface area contributed by atoms with Gasteiger partial charge in [0.2, 0.25) is 17.7 Å². The van der Waals surface area contributed by atoms with E-state index in [1.54, 1.807) is 11.8 Å². The molecule has 2 N–H and O–H groups in total. The summed E-state index contributed by atoms with van der Waals surface area (Å²) in [5, 5.41) is 5.86. The Kier molecular flexibility index (Phi) is 12.0. The number of hydrogen-bond donors (Lipinski definition) is 2. The zero-order valence-electron chi connectivity index (χ0n) is 15.0. The van der Waals surface area contributed by atoms with Crippen LogP contribution in [0.4, 0.5) is 0 Å². The third-order valence-corrected chi connectivity index (χ3v) is 3.47. The average molecular weight is 328 g/mol. The first-order chi connectivity index (χ1) is 11.1. The van der Waals surface area contributed by atoms with Crippen molar-refractivity contribution in [3.63, 3.8) is 0 Å². The fourth-order valence-electron chi connectivity index (χ4n) is 2.21. The van der Waals surface area contributed by atoms with Crippen molar-refractivity contribution >= 4 is 17.7 Å². The standard InChI is InChI=1S/C7H12N2O2.C7H14N2O.C2H6/c1-2-7(11)9-4-3-8-6(10)5-9;1-2-7(10)9-5-3-8-4-6-9;1-2/h2-5H2,1H3,(H,8,10);8H,2-6H2,1H3;1-2H3. The molecule has 0 atom stereocenters. The monoisotopic (exact) mass is 328 g/mol. The molecule has 3 amide bonds. The van der Waals surface area contributed by atoms with E-state index in [2.05, 4.69) is 10.6 Å². The van der Waals surface area contributed by atoms with Crippen LogP contribution in [-0.2, 0) is 14.4 Å². The molecule has 0 bridgehead atoms. The maximum atomic E-state index is 11.1. The maximum absolute atomic E-state index is 11.1. The summed E-state index contributed by atoms with van der Waals surface area (Å²) in [4.78, 5) is 36.4. The minimum absolute atomic E-state index is 0.0554. The Balaban J connectivity index is 0.000000381. The topological polar surface area (TPSA) is 81.8 Å². The van der Waals surface area contributed by atoms with Gasteiger partial charge < -0.3 is 20.4 Å². The third-order valence-electron chi connectivity index (χ3n) is 3.47. The number of rotatable bonds is 2. The molecule has 2 fully saturated rings. The largest absolute Gasteiger partial charge is 0.353 e. The molecule has 2 saturated heterocycles. The van der Waals surface area contributed by atoms with Crippen LogP contribution >= 0.6 is 0 Å². The first-order valence-electron chi connectivity index (χ1n) is 8.61. The van der Waals surface area contributed by atoms with E-state index in [4.69, 9.17) is 0 Å². The van der Waals surface area contributed by atoms with E-state index in [1.165, 1.54) is 0 Å². The van der Waals surface area contributed by atoms with Crippen LogP contribution in [0.3, 0.4) is 0 Å². The highest BCUT2D eigenvalue weighted by atomic mass is 16.2. The van der Waals surface area contributed by atoms with Crippen LogP contribution in [0.2, 0.25) is 0 Å². The predicted molar refractivity (Wildman–Crippen MR) is 91.0 cm³/mol. The van der Waals surface area contributed by atoms with E-state index in [9.17, 15) is 14.4 Å². The van der Waals surface area contributed by atoms with Gasteiger partial charge in [0.1, 0.15) is 0 Å². The summed E-state index contributed by atoms with van der Waals surface area (Å²) in [5.74, 6) is 0.277. The van der Waals surface area contributed by atoms with Crippen LogP contribution in [0.5, 0.6) is 0 Å². The molecule has 0 radical (unpaired) electrons. The predicted octanol–water partition coefficient (Wildman–Crippen LogP) is 0.209. The van der Waals surface area contributed by atoms with Gasteiger partial charge in [-0.25, -0.2) is 0 Å². The van der Waals surface area contributed by atoms with E-state index < -0.39 is 0 Å². The lowest BCUT2D eigenvalue weighted by Gasteiger charge is -2.26. The SMILES string of the molecule is CC.CCC(=O)N1CCNC(=O)C1.CCC(=O)N1CCNCC1. The van der Waals surface area contributed by atoms with Crippen LogP contribution in [0.1, 0.15) is 40.5 Å². The molecule has 2 aliphatic heterocycles. The van der Waals surface area contributed by atoms with E-state index in [-0.39, 0.29) is 24.3 Å². The van der Waals surface area contributed by atoms with Crippen molar-refractivity contribution in [3.8, 4) is 0 Å². The van der Waals surface area contributed by atoms with Gasteiger partial charge >= 0.3 is 0 Å². The van der Waals surface area contributed by atoms with Crippen molar-refractivity contribution in [2.75, 3.05) is 45.8 Å². The zero-order chi connectivity index (χ0) is 17.7. The Morgan fingerprint density at radius 2 is 1.39 bits per heavy atom. The fraction of sp³-hybridized carbons (Fsp3) is 0.812. The Morgan fingerprint density at radius 3 is 1.87 bits per heavy atom. The van der Waals surface area contributed by atoms with Crippen LogP contribution in [-0.4, -0.2) is 73.3 Å². The van der Waals surface area contributed by atoms with Gasteiger partial charge in [-0.3, -0.25) is 14.4 Å². The number of piperazine rings is 2. The van der Waals surface area contributed by atoms with Crippen LogP contribution in [0, 0.1) is 0 Å². The molecule has 0 aromatic heterocycles. The minimum atomic E-state index is -0.0574. The van der Waals surface area contributed by atoms with Crippen molar-refractivity contribution in [3.05, 3.63) is 0 Å². The van der Waals surface area contributed by atoms with Crippen LogP contribution in [0.15, 0.2) is 0 Å². The Morgan fingerprint density at radius 1 is 0.913 bits per heavy atom. The summed E-state index contributed by atoms with van der Waals surface area (Å²) < 4.78 is 0. The van der Waals surface area contributed by atoms with Gasteiger partial charge in [-0.1, -0.05) is 27.7 Å². The number of nitrogens with zero attached hydrogens (tertiary/aromatic N) is 2. The number of nitrogens with one attached hydrogen (secondary N) is 2. The lowest BCUT2D eigenvalue weighted by atomic mass is 10.3. The molecule has 0 saturated carbocycles. The molecule has 134 valence electrons. The van der Waals surface area contributed by atoms with Gasteiger partial charge in [-0.2, -0.15) is 0 Å². The molecule has 0 aromatic rings. The Bertz CT molecular complexity index is 368. The van der Waals surface area contributed by atoms with Gasteiger partial charge in [-0.05, 0) is 0 Å². The summed E-state index contributed by atoms with van der Waals surface area (Å²) in [7, 11) is 0. The third kappa shape index (κ3) is 8.54. The molecule has 2 rings (SSSR count). The molecule has 0 aromatic carbocycles. The number of amides is 3. The number of hydrogen-bond acceptors (Lipinski definition) is 4. The van der Waals surface area contributed by atoms with Crippen molar-refractivity contribution in [2.45, 2.75) is 40.5 Å². The van der Waals surface area contributed by atoms with Crippen LogP contribution < -0.4 is 10.6 Å². The summed E-state index contributed by atoms with van der Waals surface area (Å²) in [6.45, 7) is 12.8. The molecule has 2 heterocycles. The van der Waals surface area contributed by atoms with Crippen LogP contribution in [0.25, 0.3) is 0 Å². The Hall–Kier alpha value is -1.63. The molecule has 2 aliphatic rings. The van der Waals surface area contributed by atoms with Gasteiger partial charge in [0.15, 0.2) is 0 Å². The second-order valence-electron chi connectivity index (χ2n) is 5.00. The average Bonchev–Trinajstić information content (AvgIpc) is 2.63. The zero-order valence-corrected chi connectivity index (χ0v) is 15.0. The van der Waals surface area contributed by atoms with Crippen molar-refractivity contribution in [1.82, 2.24) is 20.4 Å². The quantitative estimate of drug-likeness (QED) is 0.759. The number of carbonyl (C=O) groups excluding carboxylic acids is 3. The molecular weight excluding hydrogens is 296 g/mol. The second kappa shape index (κ2) is 12.9. The van der Waals surface area contributed by atoms with Crippen molar-refractivity contribution < 1.29 is 14.4 Å². The number of carbonyl (C=O) groups is 3. The molecule has 7 heteroatoms. The normalized spacial score (nSPS) is 17.1. The van der Waals surface area contributed by atoms with Crippen molar-refractivity contribution in [1.29, 1.82) is 0 Å². The highest BCUT2D eigenvalue weighted by Gasteiger charge is 2.19. The molecule has 0 spiro atoms. The highest BCUT2D eigenvalue weighted by Crippen LogP contribution is 1.96. The van der Waals surface area contributed by atoms with E-state index in [1.807, 2.05) is 25.7 Å². The summed E-state index contributed by atoms with van der Waals surface area (Å²) in [6.07, 6.45) is 1.12. The van der Waals surface area contributed by atoms with E-state index in [0.29, 0.717) is 25.9 Å². The maximum Gasteiger partial charge on any atom is 0.239 e. The first kappa shape index (κ1) is 21.4. The highest BCUT2D eigenvalue weighted by molar-refractivity contribution is 5.85. The van der Waals surface area contributed by atoms with Crippen molar-refractivity contribution in [2.24, 2.45) is 0 Å². The molecular formula is C16H32N4O3. The lowest BCUT2D eigenvalue weighted by molar-refractivity contribution is -0.137. The fourth-order valence-corrected chi connectivity index (χ4v) is 2.21.